The average Bonchev–Trinajstić information content (AvgIpc) is 1.94. The minimum Gasteiger partial charge on any atom is -0.358 e. The summed E-state index contributed by atoms with van der Waals surface area (Å²) >= 11 is 0. The molecule has 0 aliphatic heterocycles. The van der Waals surface area contributed by atoms with Crippen molar-refractivity contribution < 1.29 is 37.1 Å². The van der Waals surface area contributed by atoms with Gasteiger partial charge >= 0.3 is 0 Å². The van der Waals surface area contributed by atoms with Gasteiger partial charge in [-0.2, -0.15) is 12.8 Å². The van der Waals surface area contributed by atoms with Crippen LogP contribution in [0.15, 0.2) is 0 Å². The van der Waals surface area contributed by atoms with Crippen molar-refractivity contribution in [3.8, 4) is 0 Å². The molecule has 1 aliphatic rings. The van der Waals surface area contributed by atoms with Crippen LogP contribution in [0, 0.1) is 13.8 Å². The Hall–Kier alpha value is 1.03. The first kappa shape index (κ1) is 13.6. The second-order valence-corrected chi connectivity index (χ2v) is 2.39. The Kier molecular flexibility index (Phi) is 11.1. The second-order valence-electron chi connectivity index (χ2n) is 2.39. The molecule has 2 heteroatoms. The molecular weight excluding hydrogens is 204 g/mol. The summed E-state index contributed by atoms with van der Waals surface area (Å²) in [5.41, 5.74) is 0. The van der Waals surface area contributed by atoms with Crippen LogP contribution < -0.4 is 0 Å². The van der Waals surface area contributed by atoms with E-state index in [1.165, 1.54) is 0 Å². The topological polar surface area (TPSA) is 0 Å². The van der Waals surface area contributed by atoms with Crippen LogP contribution in [0.1, 0.15) is 32.1 Å². The standard InChI is InChI=1S/C7H12F.CH3.Y/c8-7-5-3-1-2-4-6-7;;/h1,7H,2-6H2;1H3;/q2*-1;. The molecule has 0 saturated heterocycles. The maximum absolute atomic E-state index is 12.4. The van der Waals surface area contributed by atoms with Crippen molar-refractivity contribution in [3.05, 3.63) is 13.8 Å². The molecule has 1 radical (unpaired) electrons. The Bertz CT molecular complexity index is 58.3. The van der Waals surface area contributed by atoms with Gasteiger partial charge in [-0.1, -0.05) is 6.42 Å². The number of hydrogen-bond acceptors (Lipinski definition) is 0. The van der Waals surface area contributed by atoms with Crippen LogP contribution in [-0.2, 0) is 32.7 Å². The Morgan fingerprint density at radius 3 is 2.60 bits per heavy atom. The molecule has 0 spiro atoms. The Morgan fingerprint density at radius 2 is 1.90 bits per heavy atom. The molecule has 1 fully saturated rings. The molecule has 0 nitrogen and oxygen atoms in total. The zero-order valence-corrected chi connectivity index (χ0v) is 9.48. The largest absolute Gasteiger partial charge is 0.358 e. The Balaban J connectivity index is 0. The predicted molar refractivity (Wildman–Crippen MR) is 38.7 cm³/mol. The summed E-state index contributed by atoms with van der Waals surface area (Å²) < 4.78 is 12.4. The van der Waals surface area contributed by atoms with Crippen molar-refractivity contribution in [2.24, 2.45) is 0 Å². The van der Waals surface area contributed by atoms with Crippen molar-refractivity contribution in [1.29, 1.82) is 0 Å². The molecule has 10 heavy (non-hydrogen) atoms. The fourth-order valence-corrected chi connectivity index (χ4v) is 1.07. The van der Waals surface area contributed by atoms with Gasteiger partial charge in [-0.3, -0.25) is 0 Å². The zero-order valence-electron chi connectivity index (χ0n) is 6.65. The van der Waals surface area contributed by atoms with Gasteiger partial charge in [0.15, 0.2) is 0 Å². The van der Waals surface area contributed by atoms with Crippen molar-refractivity contribution in [2.45, 2.75) is 38.3 Å². The summed E-state index contributed by atoms with van der Waals surface area (Å²) in [4.78, 5) is 0. The molecule has 0 bridgehead atoms. The van der Waals surface area contributed by atoms with Gasteiger partial charge < -0.3 is 13.8 Å². The third-order valence-electron chi connectivity index (χ3n) is 1.61. The predicted octanol–water partition coefficient (Wildman–Crippen LogP) is 2.94. The number of halogens is 1. The quantitative estimate of drug-likeness (QED) is 0.434. The monoisotopic (exact) mass is 219 g/mol. The van der Waals surface area contributed by atoms with Crippen LogP contribution in [0.2, 0.25) is 0 Å². The van der Waals surface area contributed by atoms with E-state index in [1.54, 1.807) is 0 Å². The minimum absolute atomic E-state index is 0. The maximum Gasteiger partial charge on any atom is 0.0976 e. The van der Waals surface area contributed by atoms with E-state index in [4.69, 9.17) is 0 Å². The normalized spacial score (nSPS) is 25.5. The Labute approximate surface area is 88.8 Å². The maximum atomic E-state index is 12.4. The first-order valence-corrected chi connectivity index (χ1v) is 3.35. The van der Waals surface area contributed by atoms with Crippen LogP contribution in [0.25, 0.3) is 0 Å². The molecule has 1 aliphatic carbocycles. The van der Waals surface area contributed by atoms with Crippen LogP contribution in [0.3, 0.4) is 0 Å². The Morgan fingerprint density at radius 1 is 1.20 bits per heavy atom. The summed E-state index contributed by atoms with van der Waals surface area (Å²) in [6, 6.07) is 0. The first-order valence-electron chi connectivity index (χ1n) is 3.35. The first-order chi connectivity index (χ1) is 3.89. The summed E-state index contributed by atoms with van der Waals surface area (Å²) in [6.07, 6.45) is 6.41. The van der Waals surface area contributed by atoms with E-state index >= 15 is 0 Å². The third kappa shape index (κ3) is 5.79. The van der Waals surface area contributed by atoms with E-state index in [0.29, 0.717) is 0 Å². The number of hydrogen-bond donors (Lipinski definition) is 0. The van der Waals surface area contributed by atoms with Crippen LogP contribution in [0.5, 0.6) is 0 Å². The van der Waals surface area contributed by atoms with Crippen molar-refractivity contribution in [3.63, 3.8) is 0 Å². The summed E-state index contributed by atoms with van der Waals surface area (Å²) in [6.45, 7) is 0. The fraction of sp³-hybridized carbons (Fsp3) is 0.750. The smallest absolute Gasteiger partial charge is 0.0976 e. The molecule has 0 aromatic rings. The van der Waals surface area contributed by atoms with E-state index in [1.807, 2.05) is 0 Å². The van der Waals surface area contributed by atoms with Crippen molar-refractivity contribution >= 4 is 0 Å². The van der Waals surface area contributed by atoms with Crippen LogP contribution >= 0.6 is 0 Å². The van der Waals surface area contributed by atoms with Crippen molar-refractivity contribution in [1.82, 2.24) is 0 Å². The van der Waals surface area contributed by atoms with Gasteiger partial charge in [0.2, 0.25) is 0 Å². The molecular formula is C8H15FY-2. The van der Waals surface area contributed by atoms with Gasteiger partial charge in [0.05, 0.1) is 6.17 Å². The van der Waals surface area contributed by atoms with Gasteiger partial charge in [0.1, 0.15) is 0 Å². The molecule has 0 N–H and O–H groups in total. The molecule has 0 aromatic carbocycles. The van der Waals surface area contributed by atoms with Crippen LogP contribution in [0.4, 0.5) is 4.39 Å². The van der Waals surface area contributed by atoms with Gasteiger partial charge in [-0.15, -0.1) is 0 Å². The number of alkyl halides is 1. The fourth-order valence-electron chi connectivity index (χ4n) is 1.07. The van der Waals surface area contributed by atoms with Crippen LogP contribution in [-0.4, -0.2) is 6.17 Å². The summed E-state index contributed by atoms with van der Waals surface area (Å²) in [5, 5.41) is 0. The van der Waals surface area contributed by atoms with Gasteiger partial charge in [0, 0.05) is 32.7 Å². The molecule has 1 rings (SSSR count). The SMILES string of the molecule is FC1CC[CH-]CCC1.[CH3-].[Y]. The molecule has 0 aromatic heterocycles. The summed E-state index contributed by atoms with van der Waals surface area (Å²) in [5.74, 6) is 0. The molecule has 1 atom stereocenters. The molecule has 0 amide bonds. The molecule has 1 unspecified atom stereocenters. The molecule has 1 saturated carbocycles. The van der Waals surface area contributed by atoms with E-state index in [-0.39, 0.29) is 40.1 Å². The molecule has 0 heterocycles. The summed E-state index contributed by atoms with van der Waals surface area (Å²) in [7, 11) is 0. The van der Waals surface area contributed by atoms with Crippen molar-refractivity contribution in [2.75, 3.05) is 0 Å². The third-order valence-corrected chi connectivity index (χ3v) is 1.61. The second kappa shape index (κ2) is 8.13. The zero-order chi connectivity index (χ0) is 5.82. The van der Waals surface area contributed by atoms with Gasteiger partial charge in [-0.05, 0) is 12.8 Å². The van der Waals surface area contributed by atoms with Gasteiger partial charge in [-0.25, -0.2) is 4.39 Å². The van der Waals surface area contributed by atoms with E-state index < -0.39 is 6.17 Å². The molecule has 59 valence electrons. The van der Waals surface area contributed by atoms with Gasteiger partial charge in [0.25, 0.3) is 0 Å². The van der Waals surface area contributed by atoms with E-state index in [2.05, 4.69) is 6.42 Å². The average molecular weight is 219 g/mol. The number of rotatable bonds is 0. The minimum atomic E-state index is -0.506. The van der Waals surface area contributed by atoms with E-state index in [0.717, 1.165) is 32.1 Å². The van der Waals surface area contributed by atoms with E-state index in [9.17, 15) is 4.39 Å².